The maximum Gasteiger partial charge on any atom is 0.363 e. The average Bonchev–Trinajstić information content (AvgIpc) is 2.72. The minimum absolute atomic E-state index is 0.0949. The Balaban J connectivity index is 2.36. The number of nitrogens with zero attached hydrogens (tertiary/aromatic N) is 1. The lowest BCUT2D eigenvalue weighted by Crippen LogP contribution is -2.09. The van der Waals surface area contributed by atoms with Gasteiger partial charge in [-0.2, -0.15) is 0 Å². The van der Waals surface area contributed by atoms with E-state index in [0.717, 1.165) is 5.56 Å². The molecular formula is C14H15NO3. The van der Waals surface area contributed by atoms with Gasteiger partial charge in [0.1, 0.15) is 5.75 Å². The highest BCUT2D eigenvalue weighted by atomic mass is 16.6. The Morgan fingerprint density at radius 3 is 2.67 bits per heavy atom. The zero-order valence-electron chi connectivity index (χ0n) is 10.6. The van der Waals surface area contributed by atoms with Crippen molar-refractivity contribution in [3.8, 4) is 5.75 Å². The van der Waals surface area contributed by atoms with Crippen LogP contribution < -0.4 is 4.74 Å². The van der Waals surface area contributed by atoms with E-state index in [2.05, 4.69) is 4.99 Å². The molecule has 2 rings (SSSR count). The van der Waals surface area contributed by atoms with Gasteiger partial charge in [0.15, 0.2) is 5.70 Å². The van der Waals surface area contributed by atoms with E-state index in [-0.39, 0.29) is 5.92 Å². The first-order chi connectivity index (χ1) is 8.61. The van der Waals surface area contributed by atoms with Gasteiger partial charge in [-0.25, -0.2) is 9.79 Å². The molecule has 1 aliphatic heterocycles. The number of methoxy groups -OCH3 is 1. The van der Waals surface area contributed by atoms with Gasteiger partial charge in [-0.15, -0.1) is 0 Å². The normalized spacial score (nSPS) is 17.0. The molecule has 1 aromatic carbocycles. The van der Waals surface area contributed by atoms with Crippen molar-refractivity contribution in [2.75, 3.05) is 7.11 Å². The third kappa shape index (κ3) is 2.42. The van der Waals surface area contributed by atoms with Crippen molar-refractivity contribution < 1.29 is 14.3 Å². The number of cyclic esters (lactones) is 1. The molecular weight excluding hydrogens is 230 g/mol. The third-order valence-corrected chi connectivity index (χ3v) is 2.56. The summed E-state index contributed by atoms with van der Waals surface area (Å²) in [7, 11) is 1.59. The molecule has 0 amide bonds. The standard InChI is InChI=1S/C14H15NO3/c1-9(2)13-15-11(14(16)18-13)8-10-6-4-5-7-12(10)17-3/h4-9H,1-3H3/b11-8+. The Bertz CT molecular complexity index is 530. The van der Waals surface area contributed by atoms with Gasteiger partial charge in [-0.1, -0.05) is 32.0 Å². The van der Waals surface area contributed by atoms with Crippen LogP contribution in [0.5, 0.6) is 5.75 Å². The van der Waals surface area contributed by atoms with Gasteiger partial charge >= 0.3 is 5.97 Å². The van der Waals surface area contributed by atoms with Gasteiger partial charge in [-0.3, -0.25) is 0 Å². The van der Waals surface area contributed by atoms with Crippen LogP contribution in [0.25, 0.3) is 6.08 Å². The van der Waals surface area contributed by atoms with Crippen molar-refractivity contribution in [1.82, 2.24) is 0 Å². The fourth-order valence-electron chi connectivity index (χ4n) is 1.61. The van der Waals surface area contributed by atoms with Crippen LogP contribution in [-0.4, -0.2) is 19.0 Å². The molecule has 0 bridgehead atoms. The molecule has 1 heterocycles. The zero-order chi connectivity index (χ0) is 13.1. The van der Waals surface area contributed by atoms with E-state index >= 15 is 0 Å². The van der Waals surface area contributed by atoms with Crippen LogP contribution in [-0.2, 0) is 9.53 Å². The molecule has 94 valence electrons. The molecule has 0 saturated carbocycles. The van der Waals surface area contributed by atoms with Crippen LogP contribution in [0, 0.1) is 5.92 Å². The predicted molar refractivity (Wildman–Crippen MR) is 69.3 cm³/mol. The molecule has 0 unspecified atom stereocenters. The Morgan fingerprint density at radius 2 is 2.06 bits per heavy atom. The monoisotopic (exact) mass is 245 g/mol. The van der Waals surface area contributed by atoms with Crippen molar-refractivity contribution >= 4 is 17.9 Å². The van der Waals surface area contributed by atoms with Crippen molar-refractivity contribution in [3.63, 3.8) is 0 Å². The minimum atomic E-state index is -0.412. The second-order valence-electron chi connectivity index (χ2n) is 4.27. The molecule has 4 heteroatoms. The summed E-state index contributed by atoms with van der Waals surface area (Å²) in [5, 5.41) is 0. The molecule has 1 aromatic rings. The average molecular weight is 245 g/mol. The molecule has 0 radical (unpaired) electrons. The second kappa shape index (κ2) is 5.04. The van der Waals surface area contributed by atoms with Crippen LogP contribution in [0.15, 0.2) is 35.0 Å². The molecule has 0 saturated heterocycles. The molecule has 1 aliphatic rings. The van der Waals surface area contributed by atoms with E-state index in [9.17, 15) is 4.79 Å². The largest absolute Gasteiger partial charge is 0.496 e. The fourth-order valence-corrected chi connectivity index (χ4v) is 1.61. The van der Waals surface area contributed by atoms with Gasteiger partial charge < -0.3 is 9.47 Å². The Kier molecular flexibility index (Phi) is 3.46. The number of benzene rings is 1. The van der Waals surface area contributed by atoms with Gasteiger partial charge in [0, 0.05) is 11.5 Å². The highest BCUT2D eigenvalue weighted by Gasteiger charge is 2.24. The molecule has 0 aromatic heterocycles. The van der Waals surface area contributed by atoms with Crippen LogP contribution in [0.1, 0.15) is 19.4 Å². The van der Waals surface area contributed by atoms with Crippen molar-refractivity contribution in [2.45, 2.75) is 13.8 Å². The molecule has 0 aliphatic carbocycles. The highest BCUT2D eigenvalue weighted by Crippen LogP contribution is 2.24. The number of aliphatic imine (C=N–C) groups is 1. The number of hydrogen-bond acceptors (Lipinski definition) is 4. The van der Waals surface area contributed by atoms with E-state index < -0.39 is 5.97 Å². The van der Waals surface area contributed by atoms with E-state index in [1.54, 1.807) is 13.2 Å². The lowest BCUT2D eigenvalue weighted by atomic mass is 10.1. The number of para-hydroxylation sites is 1. The lowest BCUT2D eigenvalue weighted by molar-refractivity contribution is -0.130. The zero-order valence-corrected chi connectivity index (χ0v) is 10.6. The summed E-state index contributed by atoms with van der Waals surface area (Å²) in [5.74, 6) is 0.842. The minimum Gasteiger partial charge on any atom is -0.496 e. The fraction of sp³-hybridized carbons (Fsp3) is 0.286. The number of carbonyl (C=O) groups is 1. The summed E-state index contributed by atoms with van der Waals surface area (Å²) in [6.45, 7) is 3.86. The third-order valence-electron chi connectivity index (χ3n) is 2.56. The Labute approximate surface area is 106 Å². The van der Waals surface area contributed by atoms with Gasteiger partial charge in [0.2, 0.25) is 5.90 Å². The molecule has 0 spiro atoms. The summed E-state index contributed by atoms with van der Waals surface area (Å²) in [4.78, 5) is 15.8. The topological polar surface area (TPSA) is 47.9 Å². The second-order valence-corrected chi connectivity index (χ2v) is 4.27. The summed E-state index contributed by atoms with van der Waals surface area (Å²) in [6.07, 6.45) is 1.68. The van der Waals surface area contributed by atoms with Crippen molar-refractivity contribution in [2.24, 2.45) is 10.9 Å². The molecule has 0 N–H and O–H groups in total. The summed E-state index contributed by atoms with van der Waals surface area (Å²) in [6, 6.07) is 7.45. The Morgan fingerprint density at radius 1 is 1.33 bits per heavy atom. The maximum atomic E-state index is 11.6. The van der Waals surface area contributed by atoms with E-state index in [4.69, 9.17) is 9.47 Å². The number of esters is 1. The highest BCUT2D eigenvalue weighted by molar-refractivity contribution is 6.07. The number of hydrogen-bond donors (Lipinski definition) is 0. The summed E-state index contributed by atoms with van der Waals surface area (Å²) >= 11 is 0. The smallest absolute Gasteiger partial charge is 0.363 e. The quantitative estimate of drug-likeness (QED) is 0.607. The van der Waals surface area contributed by atoms with Crippen LogP contribution in [0.3, 0.4) is 0 Å². The molecule has 18 heavy (non-hydrogen) atoms. The first-order valence-corrected chi connectivity index (χ1v) is 5.77. The van der Waals surface area contributed by atoms with Crippen molar-refractivity contribution in [1.29, 1.82) is 0 Å². The van der Waals surface area contributed by atoms with E-state index in [1.165, 1.54) is 0 Å². The van der Waals surface area contributed by atoms with Crippen LogP contribution in [0.4, 0.5) is 0 Å². The lowest BCUT2D eigenvalue weighted by Gasteiger charge is -2.03. The van der Waals surface area contributed by atoms with Crippen LogP contribution >= 0.6 is 0 Å². The first kappa shape index (κ1) is 12.4. The van der Waals surface area contributed by atoms with Crippen molar-refractivity contribution in [3.05, 3.63) is 35.5 Å². The predicted octanol–water partition coefficient (Wildman–Crippen LogP) is 2.65. The van der Waals surface area contributed by atoms with Gasteiger partial charge in [0.05, 0.1) is 7.11 Å². The maximum absolute atomic E-state index is 11.6. The number of rotatable bonds is 3. The van der Waals surface area contributed by atoms with Gasteiger partial charge in [0.25, 0.3) is 0 Å². The van der Waals surface area contributed by atoms with Gasteiger partial charge in [-0.05, 0) is 12.1 Å². The van der Waals surface area contributed by atoms with E-state index in [0.29, 0.717) is 17.3 Å². The van der Waals surface area contributed by atoms with Crippen LogP contribution in [0.2, 0.25) is 0 Å². The number of carbonyl (C=O) groups excluding carboxylic acids is 1. The summed E-state index contributed by atoms with van der Waals surface area (Å²) < 4.78 is 10.3. The SMILES string of the molecule is COc1ccccc1/C=C1/N=C(C(C)C)OC1=O. The Hall–Kier alpha value is -2.10. The van der Waals surface area contributed by atoms with E-state index in [1.807, 2.05) is 38.1 Å². The molecule has 0 atom stereocenters. The molecule has 4 nitrogen and oxygen atoms in total. The summed E-state index contributed by atoms with van der Waals surface area (Å²) in [5.41, 5.74) is 1.11. The first-order valence-electron chi connectivity index (χ1n) is 5.77. The molecule has 0 fully saturated rings. The number of ether oxygens (including phenoxy) is 2.